The molecule has 39 heavy (non-hydrogen) atoms. The van der Waals surface area contributed by atoms with E-state index in [0.717, 1.165) is 10.5 Å². The Kier molecular flexibility index (Phi) is 6.25. The maximum Gasteiger partial charge on any atom is 0.254 e. The molecule has 4 amide bonds. The highest BCUT2D eigenvalue weighted by molar-refractivity contribution is 9.09. The third kappa shape index (κ3) is 3.47. The monoisotopic (exact) mass is 630 g/mol. The van der Waals surface area contributed by atoms with Crippen LogP contribution < -0.4 is 0 Å². The lowest BCUT2D eigenvalue weighted by Gasteiger charge is -2.50. The number of benzene rings is 2. The standard InChI is InChI=1S/C29H25BrCl2N2O5/c1-15-6-5-9-19(23(15)35)22-17-10-11-18-21(25(37)33(24(18)36)13-16-7-3-2-4-8-16)20(17)12-28(31)26(38)34(14-30)27(39)29(22,28)32/h2-10,18,20-22,35H,11-14H2,1H3. The van der Waals surface area contributed by atoms with Crippen LogP contribution in [-0.2, 0) is 25.7 Å². The summed E-state index contributed by atoms with van der Waals surface area (Å²) in [6.07, 6.45) is 2.06. The molecule has 6 atom stereocenters. The predicted molar refractivity (Wildman–Crippen MR) is 148 cm³/mol. The molecule has 2 aromatic rings. The van der Waals surface area contributed by atoms with E-state index in [1.54, 1.807) is 25.1 Å². The molecule has 6 rings (SSSR count). The van der Waals surface area contributed by atoms with Gasteiger partial charge in [0, 0.05) is 11.5 Å². The van der Waals surface area contributed by atoms with Gasteiger partial charge in [0.2, 0.25) is 11.8 Å². The van der Waals surface area contributed by atoms with Gasteiger partial charge in [-0.25, -0.2) is 0 Å². The van der Waals surface area contributed by atoms with Gasteiger partial charge < -0.3 is 5.11 Å². The van der Waals surface area contributed by atoms with Crippen molar-refractivity contribution >= 4 is 62.8 Å². The molecule has 4 aliphatic rings. The fraction of sp³-hybridized carbons (Fsp3) is 0.379. The molecule has 3 fully saturated rings. The van der Waals surface area contributed by atoms with Gasteiger partial charge in [-0.05, 0) is 36.8 Å². The third-order valence-corrected chi connectivity index (χ3v) is 10.8. The summed E-state index contributed by atoms with van der Waals surface area (Å²) >= 11 is 17.6. The molecule has 2 heterocycles. The zero-order valence-electron chi connectivity index (χ0n) is 20.9. The Balaban J connectivity index is 1.50. The number of carbonyl (C=O) groups is 4. The van der Waals surface area contributed by atoms with Crippen LogP contribution in [0.3, 0.4) is 0 Å². The Morgan fingerprint density at radius 1 is 0.949 bits per heavy atom. The largest absolute Gasteiger partial charge is 0.507 e. The Bertz CT molecular complexity index is 1460. The van der Waals surface area contributed by atoms with Gasteiger partial charge in [-0.1, -0.05) is 76.1 Å². The molecule has 10 heteroatoms. The summed E-state index contributed by atoms with van der Waals surface area (Å²) in [5.74, 6) is -4.93. The summed E-state index contributed by atoms with van der Waals surface area (Å²) in [4.78, 5) is 53.3. The van der Waals surface area contributed by atoms with Crippen molar-refractivity contribution in [1.82, 2.24) is 9.80 Å². The number of phenols is 1. The zero-order chi connectivity index (χ0) is 27.9. The maximum atomic E-state index is 13.9. The fourth-order valence-corrected chi connectivity index (χ4v) is 8.42. The summed E-state index contributed by atoms with van der Waals surface area (Å²) < 4.78 is 0. The van der Waals surface area contributed by atoms with Gasteiger partial charge in [0.15, 0.2) is 9.75 Å². The number of rotatable bonds is 4. The molecule has 7 nitrogen and oxygen atoms in total. The summed E-state index contributed by atoms with van der Waals surface area (Å²) in [6, 6.07) is 14.4. The molecule has 0 bridgehead atoms. The van der Waals surface area contributed by atoms with Gasteiger partial charge in [0.1, 0.15) is 5.75 Å². The first kappa shape index (κ1) is 26.5. The van der Waals surface area contributed by atoms with Crippen LogP contribution in [0.15, 0.2) is 60.2 Å². The van der Waals surface area contributed by atoms with Gasteiger partial charge in [0.05, 0.1) is 23.8 Å². The van der Waals surface area contributed by atoms with Gasteiger partial charge in [-0.15, -0.1) is 23.2 Å². The SMILES string of the molecule is Cc1cccc(C2C3=CCC4C(=O)N(Cc5ccccc5)C(=O)C4C3CC3(Cl)C(=O)N(CBr)C(=O)C23Cl)c1O. The smallest absolute Gasteiger partial charge is 0.254 e. The van der Waals surface area contributed by atoms with Gasteiger partial charge in [-0.2, -0.15) is 0 Å². The van der Waals surface area contributed by atoms with E-state index in [-0.39, 0.29) is 42.4 Å². The van der Waals surface area contributed by atoms with E-state index in [1.807, 2.05) is 36.4 Å². The molecule has 202 valence electrons. The predicted octanol–water partition coefficient (Wildman–Crippen LogP) is 4.61. The number of likely N-dealkylation sites (tertiary alicyclic amines) is 2. The van der Waals surface area contributed by atoms with Crippen molar-refractivity contribution in [3.63, 3.8) is 0 Å². The summed E-state index contributed by atoms with van der Waals surface area (Å²) in [5, 5.41) is 11.1. The Labute approximate surface area is 243 Å². The molecule has 2 saturated heterocycles. The lowest BCUT2D eigenvalue weighted by atomic mass is 9.56. The zero-order valence-corrected chi connectivity index (χ0v) is 24.0. The first-order valence-electron chi connectivity index (χ1n) is 12.7. The number of nitrogens with zero attached hydrogens (tertiary/aromatic N) is 2. The highest BCUT2D eigenvalue weighted by Crippen LogP contribution is 2.66. The molecule has 0 aromatic heterocycles. The average Bonchev–Trinajstić information content (AvgIpc) is 3.24. The third-order valence-electron chi connectivity index (χ3n) is 8.87. The molecule has 1 saturated carbocycles. The number of phenolic OH excluding ortho intramolecular Hbond substituents is 1. The highest BCUT2D eigenvalue weighted by atomic mass is 79.9. The summed E-state index contributed by atoms with van der Waals surface area (Å²) in [7, 11) is 0. The second kappa shape index (κ2) is 9.18. The second-order valence-electron chi connectivity index (χ2n) is 10.7. The van der Waals surface area contributed by atoms with Crippen LogP contribution >= 0.6 is 39.1 Å². The van der Waals surface area contributed by atoms with Crippen LogP contribution in [0.2, 0.25) is 0 Å². The maximum absolute atomic E-state index is 13.9. The Hall–Kier alpha value is -2.68. The summed E-state index contributed by atoms with van der Waals surface area (Å²) in [5.41, 5.74) is 2.32. The molecule has 0 radical (unpaired) electrons. The Morgan fingerprint density at radius 2 is 1.67 bits per heavy atom. The number of hydrogen-bond acceptors (Lipinski definition) is 5. The highest BCUT2D eigenvalue weighted by Gasteiger charge is 2.76. The second-order valence-corrected chi connectivity index (χ2v) is 12.5. The van der Waals surface area contributed by atoms with Gasteiger partial charge in [0.25, 0.3) is 11.8 Å². The number of allylic oxidation sites excluding steroid dienone is 2. The van der Waals surface area contributed by atoms with Gasteiger partial charge >= 0.3 is 0 Å². The van der Waals surface area contributed by atoms with Crippen molar-refractivity contribution in [2.75, 3.05) is 5.45 Å². The van der Waals surface area contributed by atoms with E-state index in [1.165, 1.54) is 4.90 Å². The Morgan fingerprint density at radius 3 is 2.36 bits per heavy atom. The van der Waals surface area contributed by atoms with Crippen LogP contribution in [0.5, 0.6) is 5.75 Å². The number of imide groups is 2. The summed E-state index contributed by atoms with van der Waals surface area (Å²) in [6.45, 7) is 1.88. The van der Waals surface area contributed by atoms with Crippen molar-refractivity contribution in [3.05, 3.63) is 76.9 Å². The molecule has 2 aromatic carbocycles. The van der Waals surface area contributed by atoms with Crippen LogP contribution in [0.25, 0.3) is 0 Å². The van der Waals surface area contributed by atoms with Crippen molar-refractivity contribution in [2.24, 2.45) is 17.8 Å². The van der Waals surface area contributed by atoms with Gasteiger partial charge in [-0.3, -0.25) is 29.0 Å². The molecular weight excluding hydrogens is 607 g/mol. The number of aromatic hydroxyl groups is 1. The minimum absolute atomic E-state index is 0.0534. The van der Waals surface area contributed by atoms with Crippen molar-refractivity contribution in [2.45, 2.75) is 42.0 Å². The normalized spacial score (nSPS) is 33.7. The van der Waals surface area contributed by atoms with Crippen LogP contribution in [0.1, 0.15) is 35.4 Å². The van der Waals surface area contributed by atoms with E-state index in [4.69, 9.17) is 23.2 Å². The number of carbonyl (C=O) groups excluding carboxylic acids is 4. The van der Waals surface area contributed by atoms with E-state index >= 15 is 0 Å². The molecule has 2 aliphatic carbocycles. The number of aryl methyl sites for hydroxylation is 1. The fourth-order valence-electron chi connectivity index (χ4n) is 7.00. The lowest BCUT2D eigenvalue weighted by Crippen LogP contribution is -2.60. The molecule has 6 unspecified atom stereocenters. The molecule has 1 N–H and O–H groups in total. The number of fused-ring (bicyclic) bond motifs is 4. The van der Waals surface area contributed by atoms with Crippen molar-refractivity contribution < 1.29 is 24.3 Å². The van der Waals surface area contributed by atoms with E-state index in [9.17, 15) is 24.3 Å². The molecule has 0 spiro atoms. The molecular formula is C29H25BrCl2N2O5. The van der Waals surface area contributed by atoms with Crippen LogP contribution in [0, 0.1) is 24.7 Å². The molecule has 2 aliphatic heterocycles. The van der Waals surface area contributed by atoms with E-state index in [0.29, 0.717) is 16.7 Å². The van der Waals surface area contributed by atoms with Crippen LogP contribution in [0.4, 0.5) is 0 Å². The topological polar surface area (TPSA) is 95.0 Å². The van der Waals surface area contributed by atoms with E-state index < -0.39 is 45.2 Å². The number of amides is 4. The number of alkyl halides is 3. The van der Waals surface area contributed by atoms with Crippen molar-refractivity contribution in [3.8, 4) is 5.75 Å². The minimum atomic E-state index is -1.94. The first-order chi connectivity index (χ1) is 18.6. The van der Waals surface area contributed by atoms with Crippen molar-refractivity contribution in [1.29, 1.82) is 0 Å². The number of para-hydroxylation sites is 1. The van der Waals surface area contributed by atoms with E-state index in [2.05, 4.69) is 15.9 Å². The lowest BCUT2D eigenvalue weighted by molar-refractivity contribution is -0.141. The first-order valence-corrected chi connectivity index (χ1v) is 14.6. The average molecular weight is 632 g/mol. The van der Waals surface area contributed by atoms with Crippen LogP contribution in [-0.4, -0.2) is 53.7 Å². The quantitative estimate of drug-likeness (QED) is 0.230. The number of halogens is 3. The number of hydrogen-bond donors (Lipinski definition) is 1. The minimum Gasteiger partial charge on any atom is -0.507 e.